The van der Waals surface area contributed by atoms with Gasteiger partial charge in [0.05, 0.1) is 0 Å². The smallest absolute Gasteiger partial charge is 0.251 e. The molecular weight excluding hydrogens is 343 g/mol. The fourth-order valence-electron chi connectivity index (χ4n) is 2.53. The van der Waals surface area contributed by atoms with E-state index in [0.29, 0.717) is 29.3 Å². The number of hydrogen-bond donors (Lipinski definition) is 2. The topological polar surface area (TPSA) is 66.9 Å². The van der Waals surface area contributed by atoms with Gasteiger partial charge in [-0.1, -0.05) is 25.5 Å². The summed E-state index contributed by atoms with van der Waals surface area (Å²) in [5, 5.41) is 6.06. The molecule has 0 aliphatic heterocycles. The van der Waals surface area contributed by atoms with Gasteiger partial charge in [-0.25, -0.2) is 14.4 Å². The minimum absolute atomic E-state index is 0.0783. The highest BCUT2D eigenvalue weighted by Crippen LogP contribution is 2.20. The van der Waals surface area contributed by atoms with Gasteiger partial charge in [-0.15, -0.1) is 0 Å². The summed E-state index contributed by atoms with van der Waals surface area (Å²) in [7, 11) is 0. The zero-order valence-electron chi connectivity index (χ0n) is 15.1. The van der Waals surface area contributed by atoms with Crippen molar-refractivity contribution in [2.24, 2.45) is 0 Å². The molecule has 0 aliphatic carbocycles. The molecule has 0 atom stereocenters. The Kier molecular flexibility index (Phi) is 6.10. The highest BCUT2D eigenvalue weighted by molar-refractivity contribution is 5.94. The molecule has 6 heteroatoms. The zero-order chi connectivity index (χ0) is 19.1. The van der Waals surface area contributed by atoms with Crippen LogP contribution in [0.3, 0.4) is 0 Å². The van der Waals surface area contributed by atoms with E-state index in [2.05, 4.69) is 27.5 Å². The Bertz CT molecular complexity index is 912. The lowest BCUT2D eigenvalue weighted by molar-refractivity contribution is 0.0953. The number of amides is 1. The van der Waals surface area contributed by atoms with E-state index < -0.39 is 0 Å². The van der Waals surface area contributed by atoms with Crippen LogP contribution in [-0.4, -0.2) is 22.4 Å². The van der Waals surface area contributed by atoms with Gasteiger partial charge < -0.3 is 10.6 Å². The third-order valence-electron chi connectivity index (χ3n) is 3.97. The molecule has 1 heterocycles. The summed E-state index contributed by atoms with van der Waals surface area (Å²) in [5.74, 6) is 0.614. The molecule has 3 rings (SSSR count). The molecule has 0 aliphatic rings. The third-order valence-corrected chi connectivity index (χ3v) is 3.97. The van der Waals surface area contributed by atoms with Crippen LogP contribution in [0.2, 0.25) is 0 Å². The molecule has 1 amide bonds. The lowest BCUT2D eigenvalue weighted by Crippen LogP contribution is -2.24. The molecule has 2 N–H and O–H groups in total. The highest BCUT2D eigenvalue weighted by Gasteiger charge is 2.06. The van der Waals surface area contributed by atoms with Gasteiger partial charge in [0.25, 0.3) is 5.91 Å². The Labute approximate surface area is 157 Å². The first kappa shape index (κ1) is 18.5. The first-order valence-corrected chi connectivity index (χ1v) is 8.90. The number of hydrogen-bond acceptors (Lipinski definition) is 4. The van der Waals surface area contributed by atoms with Crippen LogP contribution in [0.4, 0.5) is 15.9 Å². The summed E-state index contributed by atoms with van der Waals surface area (Å²) < 4.78 is 13.4. The normalized spacial score (nSPS) is 10.4. The monoisotopic (exact) mass is 364 g/mol. The number of carbonyl (C=O) groups is 1. The van der Waals surface area contributed by atoms with Crippen molar-refractivity contribution in [2.75, 3.05) is 11.9 Å². The van der Waals surface area contributed by atoms with E-state index in [4.69, 9.17) is 0 Å². The Morgan fingerprint density at radius 1 is 1.11 bits per heavy atom. The predicted octanol–water partition coefficient (Wildman–Crippen LogP) is 4.56. The summed E-state index contributed by atoms with van der Waals surface area (Å²) in [6.45, 7) is 2.76. The summed E-state index contributed by atoms with van der Waals surface area (Å²) in [5.41, 5.74) is 2.02. The van der Waals surface area contributed by atoms with E-state index in [1.165, 1.54) is 12.1 Å². The number of anilines is 2. The summed E-state index contributed by atoms with van der Waals surface area (Å²) in [6.07, 6.45) is 3.62. The Hall–Kier alpha value is -3.28. The van der Waals surface area contributed by atoms with Crippen molar-refractivity contribution in [1.82, 2.24) is 15.3 Å². The van der Waals surface area contributed by atoms with Crippen molar-refractivity contribution in [3.05, 3.63) is 72.2 Å². The first-order valence-electron chi connectivity index (χ1n) is 8.90. The Balaban J connectivity index is 1.69. The van der Waals surface area contributed by atoms with Crippen molar-refractivity contribution >= 4 is 17.4 Å². The van der Waals surface area contributed by atoms with E-state index in [1.807, 2.05) is 12.1 Å². The van der Waals surface area contributed by atoms with Crippen molar-refractivity contribution < 1.29 is 9.18 Å². The zero-order valence-corrected chi connectivity index (χ0v) is 15.1. The molecular formula is C21H21FN4O. The number of halogens is 1. The van der Waals surface area contributed by atoms with E-state index in [1.54, 1.807) is 36.5 Å². The first-order chi connectivity index (χ1) is 13.2. The molecule has 1 aromatic heterocycles. The third kappa shape index (κ3) is 5.10. The molecule has 2 aromatic carbocycles. The average molecular weight is 364 g/mol. The van der Waals surface area contributed by atoms with Crippen LogP contribution in [-0.2, 0) is 0 Å². The van der Waals surface area contributed by atoms with Gasteiger partial charge in [-0.3, -0.25) is 4.79 Å². The molecule has 0 radical (unpaired) electrons. The molecule has 0 bridgehead atoms. The van der Waals surface area contributed by atoms with E-state index in [-0.39, 0.29) is 11.7 Å². The number of unbranched alkanes of at least 4 members (excludes halogenated alkanes) is 1. The number of carbonyl (C=O) groups excluding carboxylic acids is 1. The summed E-state index contributed by atoms with van der Waals surface area (Å²) in [6, 6.07) is 15.0. The van der Waals surface area contributed by atoms with Crippen LogP contribution < -0.4 is 10.6 Å². The number of nitrogens with one attached hydrogen (secondary N) is 2. The lowest BCUT2D eigenvalue weighted by Gasteiger charge is -2.09. The lowest BCUT2D eigenvalue weighted by atomic mass is 10.2. The van der Waals surface area contributed by atoms with Crippen LogP contribution in [0.25, 0.3) is 11.4 Å². The fraction of sp³-hybridized carbons (Fsp3) is 0.190. The average Bonchev–Trinajstić information content (AvgIpc) is 2.69. The second-order valence-corrected chi connectivity index (χ2v) is 6.09. The maximum Gasteiger partial charge on any atom is 0.251 e. The van der Waals surface area contributed by atoms with Crippen molar-refractivity contribution in [3.8, 4) is 11.4 Å². The van der Waals surface area contributed by atoms with Crippen molar-refractivity contribution in [1.29, 1.82) is 0 Å². The number of rotatable bonds is 7. The predicted molar refractivity (Wildman–Crippen MR) is 104 cm³/mol. The van der Waals surface area contributed by atoms with Gasteiger partial charge in [0.2, 0.25) is 0 Å². The van der Waals surface area contributed by atoms with E-state index in [9.17, 15) is 9.18 Å². The van der Waals surface area contributed by atoms with Crippen LogP contribution in [0.15, 0.2) is 60.8 Å². The standard InChI is InChI=1S/C21H21FN4O/c1-2-3-12-24-21(27)15-7-9-18(10-8-15)25-19-11-13-23-20(26-19)16-5-4-6-17(22)14-16/h4-11,13-14H,2-3,12H2,1H3,(H,24,27)(H,23,25,26). The maximum atomic E-state index is 13.4. The molecule has 5 nitrogen and oxygen atoms in total. The largest absolute Gasteiger partial charge is 0.352 e. The molecule has 0 unspecified atom stereocenters. The minimum Gasteiger partial charge on any atom is -0.352 e. The van der Waals surface area contributed by atoms with Gasteiger partial charge in [0.15, 0.2) is 5.82 Å². The van der Waals surface area contributed by atoms with Crippen molar-refractivity contribution in [2.45, 2.75) is 19.8 Å². The van der Waals surface area contributed by atoms with Crippen LogP contribution in [0.1, 0.15) is 30.1 Å². The molecule has 0 saturated carbocycles. The molecule has 0 saturated heterocycles. The van der Waals surface area contributed by atoms with Crippen LogP contribution in [0.5, 0.6) is 0 Å². The van der Waals surface area contributed by atoms with Crippen LogP contribution >= 0.6 is 0 Å². The highest BCUT2D eigenvalue weighted by atomic mass is 19.1. The Morgan fingerprint density at radius 2 is 1.93 bits per heavy atom. The molecule has 27 heavy (non-hydrogen) atoms. The second kappa shape index (κ2) is 8.89. The fourth-order valence-corrected chi connectivity index (χ4v) is 2.53. The molecule has 138 valence electrons. The number of nitrogens with zero attached hydrogens (tertiary/aromatic N) is 2. The summed E-state index contributed by atoms with van der Waals surface area (Å²) in [4.78, 5) is 20.6. The molecule has 3 aromatic rings. The van der Waals surface area contributed by atoms with Crippen LogP contribution in [0, 0.1) is 5.82 Å². The van der Waals surface area contributed by atoms with Gasteiger partial charge >= 0.3 is 0 Å². The molecule has 0 fully saturated rings. The van der Waals surface area contributed by atoms with Gasteiger partial charge in [0.1, 0.15) is 11.6 Å². The maximum absolute atomic E-state index is 13.4. The van der Waals surface area contributed by atoms with Gasteiger partial charge in [-0.05, 0) is 48.9 Å². The number of benzene rings is 2. The summed E-state index contributed by atoms with van der Waals surface area (Å²) >= 11 is 0. The number of aromatic nitrogens is 2. The SMILES string of the molecule is CCCCNC(=O)c1ccc(Nc2ccnc(-c3cccc(F)c3)n2)cc1. The quantitative estimate of drug-likeness (QED) is 0.603. The Morgan fingerprint density at radius 3 is 2.67 bits per heavy atom. The second-order valence-electron chi connectivity index (χ2n) is 6.09. The van der Waals surface area contributed by atoms with E-state index >= 15 is 0 Å². The minimum atomic E-state index is -0.331. The van der Waals surface area contributed by atoms with Crippen molar-refractivity contribution in [3.63, 3.8) is 0 Å². The van der Waals surface area contributed by atoms with E-state index in [0.717, 1.165) is 18.5 Å². The van der Waals surface area contributed by atoms with Gasteiger partial charge in [-0.2, -0.15) is 0 Å². The van der Waals surface area contributed by atoms with Gasteiger partial charge in [0, 0.05) is 29.6 Å². The molecule has 0 spiro atoms.